The fraction of sp³-hybridized carbons (Fsp3) is 0.217. The maximum absolute atomic E-state index is 11.3. The van der Waals surface area contributed by atoms with E-state index in [1.165, 1.54) is 17.7 Å². The molecule has 0 aliphatic carbocycles. The van der Waals surface area contributed by atoms with Crippen molar-refractivity contribution in [3.63, 3.8) is 0 Å². The number of nitrogens with one attached hydrogen (secondary N) is 1. The van der Waals surface area contributed by atoms with Crippen LogP contribution in [-0.4, -0.2) is 15.0 Å². The SMILES string of the molecule is Cc1ccccc1COc1ccc(Cl)cc1CNCCc1ccc(S(N)(=O)=O)cc1. The van der Waals surface area contributed by atoms with Gasteiger partial charge in [-0.25, -0.2) is 13.6 Å². The summed E-state index contributed by atoms with van der Waals surface area (Å²) in [6.07, 6.45) is 0.755. The second kappa shape index (κ2) is 10.1. The van der Waals surface area contributed by atoms with Crippen molar-refractivity contribution in [3.8, 4) is 5.75 Å². The van der Waals surface area contributed by atoms with Crippen LogP contribution in [0, 0.1) is 6.92 Å². The third-order valence-electron chi connectivity index (χ3n) is 4.82. The first-order chi connectivity index (χ1) is 14.3. The Balaban J connectivity index is 1.56. The van der Waals surface area contributed by atoms with E-state index in [0.717, 1.165) is 35.4 Å². The van der Waals surface area contributed by atoms with Gasteiger partial charge in [-0.05, 0) is 66.9 Å². The summed E-state index contributed by atoms with van der Waals surface area (Å²) in [7, 11) is -3.66. The molecule has 0 bridgehead atoms. The van der Waals surface area contributed by atoms with Crippen molar-refractivity contribution in [3.05, 3.63) is 94.0 Å². The Bertz CT molecular complexity index is 1100. The summed E-state index contributed by atoms with van der Waals surface area (Å²) in [4.78, 5) is 0.119. The van der Waals surface area contributed by atoms with Gasteiger partial charge in [0.15, 0.2) is 0 Å². The predicted octanol–water partition coefficient (Wildman–Crippen LogP) is 4.21. The highest BCUT2D eigenvalue weighted by Crippen LogP contribution is 2.24. The molecule has 0 saturated heterocycles. The summed E-state index contributed by atoms with van der Waals surface area (Å²) in [5.41, 5.74) is 4.35. The number of aryl methyl sites for hydroxylation is 1. The first-order valence-corrected chi connectivity index (χ1v) is 11.5. The van der Waals surface area contributed by atoms with E-state index in [-0.39, 0.29) is 4.90 Å². The molecule has 0 aromatic heterocycles. The van der Waals surface area contributed by atoms with Gasteiger partial charge in [0.2, 0.25) is 10.0 Å². The maximum Gasteiger partial charge on any atom is 0.238 e. The number of primary sulfonamides is 1. The van der Waals surface area contributed by atoms with E-state index < -0.39 is 10.0 Å². The van der Waals surface area contributed by atoms with Crippen molar-refractivity contribution in [1.29, 1.82) is 0 Å². The predicted molar refractivity (Wildman–Crippen MR) is 120 cm³/mol. The summed E-state index contributed by atoms with van der Waals surface area (Å²) in [6, 6.07) is 20.4. The van der Waals surface area contributed by atoms with Gasteiger partial charge in [0, 0.05) is 17.1 Å². The number of hydrogen-bond acceptors (Lipinski definition) is 4. The van der Waals surface area contributed by atoms with Crippen LogP contribution in [0.4, 0.5) is 0 Å². The fourth-order valence-electron chi connectivity index (χ4n) is 3.06. The van der Waals surface area contributed by atoms with Gasteiger partial charge < -0.3 is 10.1 Å². The molecule has 3 N–H and O–H groups in total. The molecule has 0 heterocycles. The molecular weight excluding hydrogens is 420 g/mol. The summed E-state index contributed by atoms with van der Waals surface area (Å²) in [5, 5.41) is 9.18. The lowest BCUT2D eigenvalue weighted by Gasteiger charge is -2.14. The van der Waals surface area contributed by atoms with Gasteiger partial charge in [0.1, 0.15) is 12.4 Å². The van der Waals surface area contributed by atoms with Crippen LogP contribution < -0.4 is 15.2 Å². The molecule has 30 heavy (non-hydrogen) atoms. The van der Waals surface area contributed by atoms with E-state index in [9.17, 15) is 8.42 Å². The number of rotatable bonds is 9. The number of benzene rings is 3. The average Bonchev–Trinajstić information content (AvgIpc) is 2.71. The first-order valence-electron chi connectivity index (χ1n) is 9.61. The van der Waals surface area contributed by atoms with Gasteiger partial charge in [-0.1, -0.05) is 48.0 Å². The minimum absolute atomic E-state index is 0.119. The molecule has 0 radical (unpaired) electrons. The lowest BCUT2D eigenvalue weighted by atomic mass is 10.1. The molecule has 0 aliphatic rings. The molecule has 7 heteroatoms. The zero-order chi connectivity index (χ0) is 21.6. The van der Waals surface area contributed by atoms with Crippen LogP contribution >= 0.6 is 11.6 Å². The largest absolute Gasteiger partial charge is 0.489 e. The van der Waals surface area contributed by atoms with Crippen LogP contribution in [-0.2, 0) is 29.6 Å². The number of ether oxygens (including phenoxy) is 1. The smallest absolute Gasteiger partial charge is 0.238 e. The van der Waals surface area contributed by atoms with Crippen molar-refractivity contribution < 1.29 is 13.2 Å². The zero-order valence-corrected chi connectivity index (χ0v) is 18.3. The zero-order valence-electron chi connectivity index (χ0n) is 16.8. The van der Waals surface area contributed by atoms with Crippen LogP contribution in [0.15, 0.2) is 71.6 Å². The Kier molecular flexibility index (Phi) is 7.50. The lowest BCUT2D eigenvalue weighted by Crippen LogP contribution is -2.17. The van der Waals surface area contributed by atoms with E-state index in [0.29, 0.717) is 18.2 Å². The van der Waals surface area contributed by atoms with Crippen LogP contribution in [0.5, 0.6) is 5.75 Å². The highest BCUT2D eigenvalue weighted by molar-refractivity contribution is 7.89. The number of hydrogen-bond donors (Lipinski definition) is 2. The molecule has 0 amide bonds. The van der Waals surface area contributed by atoms with Gasteiger partial charge in [-0.2, -0.15) is 0 Å². The van der Waals surface area contributed by atoms with E-state index in [1.54, 1.807) is 12.1 Å². The third-order valence-corrected chi connectivity index (χ3v) is 5.99. The van der Waals surface area contributed by atoms with Gasteiger partial charge in [0.05, 0.1) is 4.90 Å². The molecule has 3 rings (SSSR count). The molecule has 0 aliphatic heterocycles. The van der Waals surface area contributed by atoms with E-state index >= 15 is 0 Å². The Morgan fingerprint density at radius 2 is 1.73 bits per heavy atom. The molecule has 0 spiro atoms. The van der Waals surface area contributed by atoms with E-state index in [1.807, 2.05) is 30.3 Å². The molecule has 0 unspecified atom stereocenters. The molecule has 0 atom stereocenters. The Hall–Kier alpha value is -2.38. The molecule has 158 valence electrons. The second-order valence-electron chi connectivity index (χ2n) is 7.08. The molecule has 0 fully saturated rings. The van der Waals surface area contributed by atoms with Crippen LogP contribution in [0.25, 0.3) is 0 Å². The average molecular weight is 445 g/mol. The quantitative estimate of drug-likeness (QED) is 0.484. The van der Waals surface area contributed by atoms with Gasteiger partial charge >= 0.3 is 0 Å². The van der Waals surface area contributed by atoms with Crippen LogP contribution in [0.3, 0.4) is 0 Å². The molecule has 0 saturated carbocycles. The minimum atomic E-state index is -3.66. The summed E-state index contributed by atoms with van der Waals surface area (Å²) in [6.45, 7) is 3.90. The first kappa shape index (κ1) is 22.3. The number of sulfonamides is 1. The third kappa shape index (κ3) is 6.31. The summed E-state index contributed by atoms with van der Waals surface area (Å²) < 4.78 is 28.7. The topological polar surface area (TPSA) is 81.4 Å². The molecule has 3 aromatic carbocycles. The number of nitrogens with two attached hydrogens (primary N) is 1. The van der Waals surface area contributed by atoms with Crippen molar-refractivity contribution >= 4 is 21.6 Å². The normalized spacial score (nSPS) is 11.4. The van der Waals surface area contributed by atoms with Gasteiger partial charge in [-0.3, -0.25) is 0 Å². The van der Waals surface area contributed by atoms with Gasteiger partial charge in [0.25, 0.3) is 0 Å². The van der Waals surface area contributed by atoms with Crippen molar-refractivity contribution in [2.45, 2.75) is 31.4 Å². The summed E-state index contributed by atoms with van der Waals surface area (Å²) >= 11 is 6.18. The fourth-order valence-corrected chi connectivity index (χ4v) is 3.77. The highest BCUT2D eigenvalue weighted by atomic mass is 35.5. The molecule has 3 aromatic rings. The van der Waals surface area contributed by atoms with E-state index in [2.05, 4.69) is 24.4 Å². The van der Waals surface area contributed by atoms with Crippen molar-refractivity contribution in [2.24, 2.45) is 5.14 Å². The Labute approximate surface area is 182 Å². The second-order valence-corrected chi connectivity index (χ2v) is 9.08. The monoisotopic (exact) mass is 444 g/mol. The Morgan fingerprint density at radius 1 is 1.00 bits per heavy atom. The lowest BCUT2D eigenvalue weighted by molar-refractivity contribution is 0.301. The van der Waals surface area contributed by atoms with Gasteiger partial charge in [-0.15, -0.1) is 0 Å². The highest BCUT2D eigenvalue weighted by Gasteiger charge is 2.08. The summed E-state index contributed by atoms with van der Waals surface area (Å²) in [5.74, 6) is 0.799. The standard InChI is InChI=1S/C23H25ClN2O3S/c1-17-4-2-3-5-19(17)16-29-23-11-8-21(24)14-20(23)15-26-13-12-18-6-9-22(10-7-18)30(25,27)28/h2-11,14,26H,12-13,15-16H2,1H3,(H2,25,27,28). The van der Waals surface area contributed by atoms with Crippen LogP contribution in [0.2, 0.25) is 5.02 Å². The maximum atomic E-state index is 11.3. The van der Waals surface area contributed by atoms with E-state index in [4.69, 9.17) is 21.5 Å². The molecule has 5 nitrogen and oxygen atoms in total. The van der Waals surface area contributed by atoms with Crippen molar-refractivity contribution in [2.75, 3.05) is 6.54 Å². The Morgan fingerprint density at radius 3 is 2.43 bits per heavy atom. The van der Waals surface area contributed by atoms with Crippen molar-refractivity contribution in [1.82, 2.24) is 5.32 Å². The number of halogens is 1. The minimum Gasteiger partial charge on any atom is -0.489 e. The molecular formula is C23H25ClN2O3S. The van der Waals surface area contributed by atoms with Crippen LogP contribution in [0.1, 0.15) is 22.3 Å².